The lowest BCUT2D eigenvalue weighted by Gasteiger charge is -2.14. The van der Waals surface area contributed by atoms with Gasteiger partial charge in [-0.3, -0.25) is 9.78 Å². The number of ether oxygens (including phenoxy) is 1. The number of benzene rings is 3. The zero-order valence-electron chi connectivity index (χ0n) is 16.4. The quantitative estimate of drug-likeness (QED) is 0.310. The number of allylic oxidation sites excluding steroid dienone is 1. The van der Waals surface area contributed by atoms with Gasteiger partial charge in [0.2, 0.25) is 0 Å². The van der Waals surface area contributed by atoms with E-state index >= 15 is 0 Å². The van der Waals surface area contributed by atoms with Crippen molar-refractivity contribution < 1.29 is 9.53 Å². The molecule has 3 nitrogen and oxygen atoms in total. The topological polar surface area (TPSA) is 39.2 Å². The van der Waals surface area contributed by atoms with E-state index in [-0.39, 0.29) is 5.78 Å². The van der Waals surface area contributed by atoms with Gasteiger partial charge in [0.05, 0.1) is 18.2 Å². The fourth-order valence-corrected chi connectivity index (χ4v) is 3.51. The van der Waals surface area contributed by atoms with Crippen LogP contribution in [0.15, 0.2) is 84.9 Å². The van der Waals surface area contributed by atoms with Gasteiger partial charge < -0.3 is 4.74 Å². The molecule has 0 aliphatic rings. The Hall–Kier alpha value is -3.72. The molecule has 0 radical (unpaired) electrons. The standard InChI is InChI=1S/C26H21NO2/c1-18-25(24(28)17-14-19-12-15-21(29-2)16-13-19)26(20-8-4-3-5-9-20)22-10-6-7-11-23(22)27-18/h3-17H,1-2H3/b17-14+. The number of hydrogen-bond donors (Lipinski definition) is 0. The predicted octanol–water partition coefficient (Wildman–Crippen LogP) is 6.11. The summed E-state index contributed by atoms with van der Waals surface area (Å²) in [6.07, 6.45) is 3.44. The molecule has 142 valence electrons. The summed E-state index contributed by atoms with van der Waals surface area (Å²) in [5.41, 5.74) is 5.13. The lowest BCUT2D eigenvalue weighted by Crippen LogP contribution is -2.05. The molecule has 3 heteroatoms. The molecule has 0 amide bonds. The van der Waals surface area contributed by atoms with Crippen LogP contribution in [0.1, 0.15) is 21.6 Å². The fraction of sp³-hybridized carbons (Fsp3) is 0.0769. The Morgan fingerprint density at radius 2 is 1.59 bits per heavy atom. The second-order valence-corrected chi connectivity index (χ2v) is 6.80. The summed E-state index contributed by atoms with van der Waals surface area (Å²) in [5, 5.41) is 0.977. The molecule has 0 saturated carbocycles. The molecule has 0 aliphatic heterocycles. The number of carbonyl (C=O) groups is 1. The third-order valence-corrected chi connectivity index (χ3v) is 4.93. The zero-order chi connectivity index (χ0) is 20.2. The number of pyridine rings is 1. The van der Waals surface area contributed by atoms with E-state index in [4.69, 9.17) is 4.74 Å². The van der Waals surface area contributed by atoms with Crippen LogP contribution in [0.3, 0.4) is 0 Å². The first-order valence-electron chi connectivity index (χ1n) is 9.48. The molecule has 0 unspecified atom stereocenters. The molecule has 0 atom stereocenters. The van der Waals surface area contributed by atoms with Crippen molar-refractivity contribution in [3.8, 4) is 16.9 Å². The number of hydrogen-bond acceptors (Lipinski definition) is 3. The van der Waals surface area contributed by atoms with E-state index < -0.39 is 0 Å². The number of carbonyl (C=O) groups excluding carboxylic acids is 1. The van der Waals surface area contributed by atoms with Crippen molar-refractivity contribution in [2.75, 3.05) is 7.11 Å². The van der Waals surface area contributed by atoms with Gasteiger partial charge in [0, 0.05) is 16.6 Å². The average molecular weight is 379 g/mol. The lowest BCUT2D eigenvalue weighted by molar-refractivity contribution is 0.104. The number of fused-ring (bicyclic) bond motifs is 1. The van der Waals surface area contributed by atoms with Crippen LogP contribution in [0.5, 0.6) is 5.75 Å². The van der Waals surface area contributed by atoms with Crippen LogP contribution in [0.4, 0.5) is 0 Å². The van der Waals surface area contributed by atoms with E-state index in [0.29, 0.717) is 5.56 Å². The molecular weight excluding hydrogens is 358 g/mol. The fourth-order valence-electron chi connectivity index (χ4n) is 3.51. The maximum absolute atomic E-state index is 13.2. The summed E-state index contributed by atoms with van der Waals surface area (Å²) in [7, 11) is 1.63. The third kappa shape index (κ3) is 3.81. The second kappa shape index (κ2) is 8.11. The Kier molecular flexibility index (Phi) is 5.21. The van der Waals surface area contributed by atoms with Gasteiger partial charge in [0.15, 0.2) is 5.78 Å². The van der Waals surface area contributed by atoms with Crippen LogP contribution in [0, 0.1) is 6.92 Å². The lowest BCUT2D eigenvalue weighted by atomic mass is 9.92. The van der Waals surface area contributed by atoms with Gasteiger partial charge >= 0.3 is 0 Å². The monoisotopic (exact) mass is 379 g/mol. The van der Waals surface area contributed by atoms with Crippen LogP contribution in [0.25, 0.3) is 28.1 Å². The highest BCUT2D eigenvalue weighted by Gasteiger charge is 2.18. The highest BCUT2D eigenvalue weighted by atomic mass is 16.5. The van der Waals surface area contributed by atoms with Gasteiger partial charge in [-0.1, -0.05) is 66.7 Å². The van der Waals surface area contributed by atoms with Gasteiger partial charge in [-0.25, -0.2) is 0 Å². The van der Waals surface area contributed by atoms with Crippen LogP contribution in [-0.2, 0) is 0 Å². The first kappa shape index (κ1) is 18.6. The Bertz CT molecular complexity index is 1190. The van der Waals surface area contributed by atoms with Crippen molar-refractivity contribution in [1.82, 2.24) is 4.98 Å². The minimum atomic E-state index is -0.0598. The number of rotatable bonds is 5. The molecule has 0 fully saturated rings. The molecule has 0 bridgehead atoms. The Morgan fingerprint density at radius 1 is 0.897 bits per heavy atom. The summed E-state index contributed by atoms with van der Waals surface area (Å²) in [4.78, 5) is 17.9. The third-order valence-electron chi connectivity index (χ3n) is 4.93. The van der Waals surface area contributed by atoms with Crippen LogP contribution < -0.4 is 4.74 Å². The van der Waals surface area contributed by atoms with Crippen molar-refractivity contribution in [1.29, 1.82) is 0 Å². The predicted molar refractivity (Wildman–Crippen MR) is 118 cm³/mol. The normalized spacial score (nSPS) is 11.1. The van der Waals surface area contributed by atoms with Crippen molar-refractivity contribution in [2.24, 2.45) is 0 Å². The summed E-state index contributed by atoms with van der Waals surface area (Å²) in [5.74, 6) is 0.727. The Labute approximate surface area is 170 Å². The molecule has 0 saturated heterocycles. The van der Waals surface area contributed by atoms with Crippen molar-refractivity contribution in [2.45, 2.75) is 6.92 Å². The molecule has 4 aromatic rings. The van der Waals surface area contributed by atoms with E-state index in [9.17, 15) is 4.79 Å². The molecule has 3 aromatic carbocycles. The maximum Gasteiger partial charge on any atom is 0.188 e. The van der Waals surface area contributed by atoms with Gasteiger partial charge in [0.1, 0.15) is 5.75 Å². The Morgan fingerprint density at radius 3 is 2.31 bits per heavy atom. The number of aryl methyl sites for hydroxylation is 1. The first-order valence-corrected chi connectivity index (χ1v) is 9.48. The first-order chi connectivity index (χ1) is 14.2. The van der Waals surface area contributed by atoms with Crippen molar-refractivity contribution >= 4 is 22.8 Å². The molecular formula is C26H21NO2. The van der Waals surface area contributed by atoms with Gasteiger partial charge in [-0.2, -0.15) is 0 Å². The molecule has 1 heterocycles. The van der Waals surface area contributed by atoms with E-state index in [1.54, 1.807) is 13.2 Å². The van der Waals surface area contributed by atoms with Gasteiger partial charge in [0.25, 0.3) is 0 Å². The van der Waals surface area contributed by atoms with E-state index in [1.807, 2.05) is 91.9 Å². The summed E-state index contributed by atoms with van der Waals surface area (Å²) in [6.45, 7) is 1.90. The van der Waals surface area contributed by atoms with Gasteiger partial charge in [-0.05, 0) is 42.3 Å². The largest absolute Gasteiger partial charge is 0.497 e. The van der Waals surface area contributed by atoms with Crippen LogP contribution in [-0.4, -0.2) is 17.9 Å². The maximum atomic E-state index is 13.2. The number of aromatic nitrogens is 1. The van der Waals surface area contributed by atoms with Crippen LogP contribution >= 0.6 is 0 Å². The van der Waals surface area contributed by atoms with Crippen molar-refractivity contribution in [3.05, 3.63) is 102 Å². The zero-order valence-corrected chi connectivity index (χ0v) is 16.4. The van der Waals surface area contributed by atoms with E-state index in [0.717, 1.165) is 39.0 Å². The molecule has 29 heavy (non-hydrogen) atoms. The smallest absolute Gasteiger partial charge is 0.188 e. The summed E-state index contributed by atoms with van der Waals surface area (Å²) < 4.78 is 5.19. The number of methoxy groups -OCH3 is 1. The number of para-hydroxylation sites is 1. The highest BCUT2D eigenvalue weighted by molar-refractivity contribution is 6.16. The minimum absolute atomic E-state index is 0.0598. The molecule has 0 aliphatic carbocycles. The van der Waals surface area contributed by atoms with Crippen LogP contribution in [0.2, 0.25) is 0 Å². The van der Waals surface area contributed by atoms with Crippen molar-refractivity contribution in [3.63, 3.8) is 0 Å². The highest BCUT2D eigenvalue weighted by Crippen LogP contribution is 2.33. The van der Waals surface area contributed by atoms with E-state index in [2.05, 4.69) is 4.98 Å². The number of nitrogens with zero attached hydrogens (tertiary/aromatic N) is 1. The van der Waals surface area contributed by atoms with Gasteiger partial charge in [-0.15, -0.1) is 0 Å². The minimum Gasteiger partial charge on any atom is -0.497 e. The Balaban J connectivity index is 1.83. The molecule has 4 rings (SSSR count). The SMILES string of the molecule is COc1ccc(/C=C/C(=O)c2c(C)nc3ccccc3c2-c2ccccc2)cc1. The summed E-state index contributed by atoms with van der Waals surface area (Å²) >= 11 is 0. The average Bonchev–Trinajstić information content (AvgIpc) is 2.77. The molecule has 1 aromatic heterocycles. The molecule has 0 spiro atoms. The summed E-state index contributed by atoms with van der Waals surface area (Å²) in [6, 6.07) is 25.6. The number of ketones is 1. The second-order valence-electron chi connectivity index (χ2n) is 6.80. The molecule has 0 N–H and O–H groups in total. The van der Waals surface area contributed by atoms with E-state index in [1.165, 1.54) is 0 Å².